The Hall–Kier alpha value is -4.17. The Morgan fingerprint density at radius 1 is 0.730 bits per heavy atom. The molecule has 0 aliphatic heterocycles. The van der Waals surface area contributed by atoms with Crippen LogP contribution in [0.3, 0.4) is 0 Å². The number of rotatable bonds is 8. The molecule has 0 aliphatic rings. The van der Waals surface area contributed by atoms with Gasteiger partial charge in [-0.1, -0.05) is 78.1 Å². The van der Waals surface area contributed by atoms with Crippen molar-refractivity contribution in [3.8, 4) is 22.1 Å². The molecule has 0 N–H and O–H groups in total. The third kappa shape index (κ3) is 6.16. The number of ether oxygens (including phenoxy) is 1. The topological polar surface area (TPSA) is 38.3 Å². The zero-order chi connectivity index (χ0) is 25.7. The van der Waals surface area contributed by atoms with E-state index in [0.29, 0.717) is 10.8 Å². The van der Waals surface area contributed by atoms with Crippen LogP contribution in [0.15, 0.2) is 109 Å². The Morgan fingerprint density at radius 2 is 1.41 bits per heavy atom. The first-order valence-electron chi connectivity index (χ1n) is 11.6. The Bertz CT molecular complexity index is 1460. The van der Waals surface area contributed by atoms with Crippen molar-refractivity contribution >= 4 is 22.2 Å². The Kier molecular flexibility index (Phi) is 7.18. The molecule has 186 valence electrons. The molecular weight excluding hydrogens is 495 g/mol. The van der Waals surface area contributed by atoms with Crippen molar-refractivity contribution in [2.75, 3.05) is 11.4 Å². The third-order valence-electron chi connectivity index (χ3n) is 5.66. The predicted octanol–water partition coefficient (Wildman–Crippen LogP) is 8.40. The van der Waals surface area contributed by atoms with Gasteiger partial charge < -0.3 is 9.64 Å². The van der Waals surface area contributed by atoms with Crippen LogP contribution in [0.25, 0.3) is 10.6 Å². The van der Waals surface area contributed by atoms with Gasteiger partial charge in [0.05, 0.1) is 5.56 Å². The van der Waals surface area contributed by atoms with Crippen LogP contribution < -0.4 is 9.64 Å². The van der Waals surface area contributed by atoms with Crippen LogP contribution in [0.1, 0.15) is 11.1 Å². The quantitative estimate of drug-likeness (QED) is 0.207. The van der Waals surface area contributed by atoms with E-state index in [2.05, 4.69) is 27.2 Å². The van der Waals surface area contributed by atoms with Gasteiger partial charge in [0.1, 0.15) is 16.5 Å². The van der Waals surface area contributed by atoms with Gasteiger partial charge in [-0.3, -0.25) is 0 Å². The molecule has 0 saturated heterocycles. The average Bonchev–Trinajstić information content (AvgIpc) is 3.40. The van der Waals surface area contributed by atoms with Crippen LogP contribution in [-0.2, 0) is 12.6 Å². The van der Waals surface area contributed by atoms with Gasteiger partial charge in [0.15, 0.2) is 0 Å². The standard InChI is InChI=1S/C29H22F3N3OS/c30-29(31,32)23-12-8-16-26(20-23)36-25-15-7-11-22(19-25)27-33-34-28(37-27)35(24-13-5-2-6-14-24)18-17-21-9-3-1-4-10-21/h1-16,19-20H,17-18H2. The van der Waals surface area contributed by atoms with Crippen molar-refractivity contribution in [3.05, 3.63) is 120 Å². The summed E-state index contributed by atoms with van der Waals surface area (Å²) in [5.74, 6) is 0.527. The van der Waals surface area contributed by atoms with E-state index in [1.165, 1.54) is 29.0 Å². The number of para-hydroxylation sites is 1. The van der Waals surface area contributed by atoms with Gasteiger partial charge in [-0.15, -0.1) is 10.2 Å². The molecule has 0 saturated carbocycles. The van der Waals surface area contributed by atoms with Gasteiger partial charge in [-0.25, -0.2) is 0 Å². The molecule has 4 aromatic carbocycles. The first-order valence-corrected chi connectivity index (χ1v) is 12.4. The van der Waals surface area contributed by atoms with Crippen LogP contribution in [-0.4, -0.2) is 16.7 Å². The Labute approximate surface area is 216 Å². The molecule has 4 nitrogen and oxygen atoms in total. The second kappa shape index (κ2) is 10.8. The lowest BCUT2D eigenvalue weighted by Gasteiger charge is -2.21. The molecular formula is C29H22F3N3OS. The normalized spacial score (nSPS) is 11.3. The van der Waals surface area contributed by atoms with Crippen molar-refractivity contribution in [1.29, 1.82) is 0 Å². The lowest BCUT2D eigenvalue weighted by molar-refractivity contribution is -0.137. The molecule has 0 aliphatic carbocycles. The molecule has 37 heavy (non-hydrogen) atoms. The second-order valence-corrected chi connectivity index (χ2v) is 9.22. The van der Waals surface area contributed by atoms with E-state index in [-0.39, 0.29) is 5.75 Å². The van der Waals surface area contributed by atoms with Crippen molar-refractivity contribution in [2.45, 2.75) is 12.6 Å². The van der Waals surface area contributed by atoms with E-state index in [9.17, 15) is 13.2 Å². The second-order valence-electron chi connectivity index (χ2n) is 8.27. The lowest BCUT2D eigenvalue weighted by atomic mass is 10.1. The lowest BCUT2D eigenvalue weighted by Crippen LogP contribution is -2.20. The smallest absolute Gasteiger partial charge is 0.416 e. The highest BCUT2D eigenvalue weighted by Gasteiger charge is 2.30. The zero-order valence-electron chi connectivity index (χ0n) is 19.6. The number of nitrogens with zero attached hydrogens (tertiary/aromatic N) is 3. The molecule has 0 radical (unpaired) electrons. The first-order chi connectivity index (χ1) is 18.0. The zero-order valence-corrected chi connectivity index (χ0v) is 20.4. The minimum Gasteiger partial charge on any atom is -0.457 e. The minimum atomic E-state index is -4.44. The predicted molar refractivity (Wildman–Crippen MR) is 140 cm³/mol. The van der Waals surface area contributed by atoms with Crippen LogP contribution in [0.4, 0.5) is 24.0 Å². The van der Waals surface area contributed by atoms with E-state index in [0.717, 1.165) is 41.5 Å². The highest BCUT2D eigenvalue weighted by molar-refractivity contribution is 7.18. The molecule has 0 amide bonds. The molecule has 0 atom stereocenters. The van der Waals surface area contributed by atoms with Gasteiger partial charge in [0.2, 0.25) is 5.13 Å². The number of benzene rings is 4. The first kappa shape index (κ1) is 24.5. The number of aromatic nitrogens is 2. The van der Waals surface area contributed by atoms with E-state index in [1.807, 2.05) is 54.6 Å². The van der Waals surface area contributed by atoms with E-state index >= 15 is 0 Å². The maximum Gasteiger partial charge on any atom is 0.416 e. The highest BCUT2D eigenvalue weighted by Crippen LogP contribution is 2.36. The summed E-state index contributed by atoms with van der Waals surface area (Å²) in [6, 6.07) is 32.2. The summed E-state index contributed by atoms with van der Waals surface area (Å²) in [4.78, 5) is 2.14. The van der Waals surface area contributed by atoms with Crippen molar-refractivity contribution in [1.82, 2.24) is 10.2 Å². The van der Waals surface area contributed by atoms with Crippen molar-refractivity contribution < 1.29 is 17.9 Å². The summed E-state index contributed by atoms with van der Waals surface area (Å²) in [5.41, 5.74) is 2.26. The van der Waals surface area contributed by atoms with Gasteiger partial charge >= 0.3 is 6.18 Å². The van der Waals surface area contributed by atoms with Crippen molar-refractivity contribution in [2.24, 2.45) is 0 Å². The Balaban J connectivity index is 1.38. The highest BCUT2D eigenvalue weighted by atomic mass is 32.1. The monoisotopic (exact) mass is 517 g/mol. The van der Waals surface area contributed by atoms with E-state index in [4.69, 9.17) is 4.74 Å². The summed E-state index contributed by atoms with van der Waals surface area (Å²) in [6.45, 7) is 0.724. The minimum absolute atomic E-state index is 0.112. The van der Waals surface area contributed by atoms with Crippen molar-refractivity contribution in [3.63, 3.8) is 0 Å². The molecule has 8 heteroatoms. The molecule has 1 aromatic heterocycles. The maximum atomic E-state index is 13.1. The van der Waals surface area contributed by atoms with Gasteiger partial charge in [0.25, 0.3) is 0 Å². The van der Waals surface area contributed by atoms with E-state index < -0.39 is 11.7 Å². The third-order valence-corrected chi connectivity index (χ3v) is 6.65. The number of halogens is 3. The van der Waals surface area contributed by atoms with Gasteiger partial charge in [-0.05, 0) is 54.4 Å². The maximum absolute atomic E-state index is 13.1. The fraction of sp³-hybridized carbons (Fsp3) is 0.103. The average molecular weight is 518 g/mol. The summed E-state index contributed by atoms with van der Waals surface area (Å²) >= 11 is 1.44. The van der Waals surface area contributed by atoms with E-state index in [1.54, 1.807) is 18.2 Å². The molecule has 0 spiro atoms. The van der Waals surface area contributed by atoms with Crippen LogP contribution in [0, 0.1) is 0 Å². The molecule has 0 bridgehead atoms. The fourth-order valence-corrected chi connectivity index (χ4v) is 4.72. The number of hydrogen-bond donors (Lipinski definition) is 0. The largest absolute Gasteiger partial charge is 0.457 e. The number of alkyl halides is 3. The molecule has 5 rings (SSSR count). The molecule has 1 heterocycles. The van der Waals surface area contributed by atoms with Gasteiger partial charge in [-0.2, -0.15) is 13.2 Å². The fourth-order valence-electron chi connectivity index (χ4n) is 3.83. The van der Waals surface area contributed by atoms with Crippen LogP contribution >= 0.6 is 11.3 Å². The Morgan fingerprint density at radius 3 is 2.14 bits per heavy atom. The molecule has 5 aromatic rings. The SMILES string of the molecule is FC(F)(F)c1cccc(Oc2cccc(-c3nnc(N(CCc4ccccc4)c4ccccc4)s3)c2)c1. The summed E-state index contributed by atoms with van der Waals surface area (Å²) in [6.07, 6.45) is -3.60. The number of anilines is 2. The van der Waals surface area contributed by atoms with Crippen LogP contribution in [0.2, 0.25) is 0 Å². The summed E-state index contributed by atoms with van der Waals surface area (Å²) in [7, 11) is 0. The summed E-state index contributed by atoms with van der Waals surface area (Å²) < 4.78 is 44.9. The molecule has 0 unspecified atom stereocenters. The van der Waals surface area contributed by atoms with Gasteiger partial charge in [0, 0.05) is 17.8 Å². The van der Waals surface area contributed by atoms with Crippen LogP contribution in [0.5, 0.6) is 11.5 Å². The number of hydrogen-bond acceptors (Lipinski definition) is 5. The molecule has 0 fully saturated rings. The summed E-state index contributed by atoms with van der Waals surface area (Å²) in [5, 5.41) is 10.3.